The Bertz CT molecular complexity index is 519. The average Bonchev–Trinajstić information content (AvgIpc) is 2.71. The van der Waals surface area contributed by atoms with Crippen LogP contribution in [-0.4, -0.2) is 36.7 Å². The van der Waals surface area contributed by atoms with Crippen molar-refractivity contribution in [3.63, 3.8) is 0 Å². The van der Waals surface area contributed by atoms with Crippen molar-refractivity contribution in [1.29, 1.82) is 0 Å². The molecule has 0 aliphatic carbocycles. The van der Waals surface area contributed by atoms with Crippen molar-refractivity contribution in [3.05, 3.63) is 29.2 Å². The monoisotopic (exact) mass is 273 g/mol. The molecule has 7 heteroatoms. The zero-order chi connectivity index (χ0) is 12.4. The van der Waals surface area contributed by atoms with Crippen molar-refractivity contribution in [3.8, 4) is 0 Å². The van der Waals surface area contributed by atoms with Crippen LogP contribution in [0.3, 0.4) is 0 Å². The van der Waals surface area contributed by atoms with Crippen molar-refractivity contribution >= 4 is 29.9 Å². The molecule has 92 valence electrons. The first-order chi connectivity index (χ1) is 8.13. The second kappa shape index (κ2) is 5.22. The second-order valence-electron chi connectivity index (χ2n) is 3.64. The summed E-state index contributed by atoms with van der Waals surface area (Å²) in [5.41, 5.74) is 0.907. The topological polar surface area (TPSA) is 70.7 Å². The zero-order valence-electron chi connectivity index (χ0n) is 8.86. The maximum atomic E-state index is 9.98. The highest BCUT2D eigenvalue weighted by atomic mass is 35.5. The lowest BCUT2D eigenvalue weighted by atomic mass is 10.1. The standard InChI is InChI=1S/C10H12ClN3O2S/c11-8-1-3-14-10(13-8)6(5-12-14)9(16)7(15)2-4-17/h1,3,5,7,9,15-17H,2,4H2. The molecule has 0 radical (unpaired) electrons. The summed E-state index contributed by atoms with van der Waals surface area (Å²) in [7, 11) is 0. The number of thiol groups is 1. The van der Waals surface area contributed by atoms with E-state index in [1.807, 2.05) is 0 Å². The van der Waals surface area contributed by atoms with E-state index in [9.17, 15) is 10.2 Å². The van der Waals surface area contributed by atoms with E-state index in [1.54, 1.807) is 12.3 Å². The minimum atomic E-state index is -1.04. The van der Waals surface area contributed by atoms with E-state index in [1.165, 1.54) is 10.7 Å². The normalized spacial score (nSPS) is 15.1. The molecule has 17 heavy (non-hydrogen) atoms. The number of aliphatic hydroxyl groups excluding tert-OH is 2. The number of hydrogen-bond acceptors (Lipinski definition) is 5. The summed E-state index contributed by atoms with van der Waals surface area (Å²) in [4.78, 5) is 4.07. The van der Waals surface area contributed by atoms with Crippen LogP contribution in [0.15, 0.2) is 18.5 Å². The number of aromatic nitrogens is 3. The van der Waals surface area contributed by atoms with Crippen molar-refractivity contribution in [2.24, 2.45) is 0 Å². The summed E-state index contributed by atoms with van der Waals surface area (Å²) in [5, 5.41) is 24.0. The van der Waals surface area contributed by atoms with Gasteiger partial charge in [-0.15, -0.1) is 0 Å². The fraction of sp³-hybridized carbons (Fsp3) is 0.400. The molecule has 2 N–H and O–H groups in total. The van der Waals surface area contributed by atoms with Gasteiger partial charge >= 0.3 is 0 Å². The average molecular weight is 274 g/mol. The van der Waals surface area contributed by atoms with Crippen LogP contribution in [0.25, 0.3) is 5.65 Å². The molecule has 2 heterocycles. The van der Waals surface area contributed by atoms with E-state index >= 15 is 0 Å². The molecule has 2 atom stereocenters. The van der Waals surface area contributed by atoms with E-state index < -0.39 is 12.2 Å². The Morgan fingerprint density at radius 2 is 2.24 bits per heavy atom. The maximum Gasteiger partial charge on any atom is 0.162 e. The molecule has 2 rings (SSSR count). The Balaban J connectivity index is 2.38. The quantitative estimate of drug-likeness (QED) is 0.576. The van der Waals surface area contributed by atoms with Gasteiger partial charge in [0.05, 0.1) is 12.3 Å². The molecule has 2 aromatic heterocycles. The van der Waals surface area contributed by atoms with Gasteiger partial charge in [-0.1, -0.05) is 11.6 Å². The van der Waals surface area contributed by atoms with E-state index in [2.05, 4.69) is 22.7 Å². The fourth-order valence-electron chi connectivity index (χ4n) is 1.57. The zero-order valence-corrected chi connectivity index (χ0v) is 10.5. The molecular formula is C10H12ClN3O2S. The summed E-state index contributed by atoms with van der Waals surface area (Å²) in [6, 6.07) is 1.60. The van der Waals surface area contributed by atoms with Gasteiger partial charge in [0.15, 0.2) is 5.65 Å². The van der Waals surface area contributed by atoms with Crippen LogP contribution in [0.2, 0.25) is 5.15 Å². The number of fused-ring (bicyclic) bond motifs is 1. The molecule has 0 saturated heterocycles. The Morgan fingerprint density at radius 3 is 2.94 bits per heavy atom. The maximum absolute atomic E-state index is 9.98. The number of hydrogen-bond donors (Lipinski definition) is 3. The third kappa shape index (κ3) is 2.55. The molecule has 0 saturated carbocycles. The van der Waals surface area contributed by atoms with Gasteiger partial charge < -0.3 is 10.2 Å². The molecule has 0 fully saturated rings. The summed E-state index contributed by atoms with van der Waals surface area (Å²) < 4.78 is 1.50. The highest BCUT2D eigenvalue weighted by molar-refractivity contribution is 7.80. The molecule has 2 unspecified atom stereocenters. The van der Waals surface area contributed by atoms with Crippen LogP contribution in [-0.2, 0) is 0 Å². The van der Waals surface area contributed by atoms with Gasteiger partial charge in [-0.05, 0) is 18.2 Å². The summed E-state index contributed by atoms with van der Waals surface area (Å²) >= 11 is 9.80. The van der Waals surface area contributed by atoms with Crippen LogP contribution in [0.5, 0.6) is 0 Å². The van der Waals surface area contributed by atoms with E-state index in [0.717, 1.165) is 0 Å². The third-order valence-corrected chi connectivity index (χ3v) is 2.94. The first-order valence-electron chi connectivity index (χ1n) is 5.10. The van der Waals surface area contributed by atoms with Crippen LogP contribution in [0, 0.1) is 0 Å². The molecular weight excluding hydrogens is 262 g/mol. The number of halogens is 1. The van der Waals surface area contributed by atoms with Crippen LogP contribution in [0.1, 0.15) is 18.1 Å². The molecule has 0 aliphatic heterocycles. The second-order valence-corrected chi connectivity index (χ2v) is 4.48. The van der Waals surface area contributed by atoms with Crippen LogP contribution >= 0.6 is 24.2 Å². The SMILES string of the molecule is OC(CCS)C(O)c1cnn2ccc(Cl)nc12. The van der Waals surface area contributed by atoms with Gasteiger partial charge in [0, 0.05) is 11.8 Å². The van der Waals surface area contributed by atoms with Gasteiger partial charge in [-0.2, -0.15) is 17.7 Å². The van der Waals surface area contributed by atoms with E-state index in [4.69, 9.17) is 11.6 Å². The highest BCUT2D eigenvalue weighted by Crippen LogP contribution is 2.23. The first kappa shape index (κ1) is 12.6. The Kier molecular flexibility index (Phi) is 3.88. The molecule has 5 nitrogen and oxygen atoms in total. The molecule has 2 aromatic rings. The predicted octanol–water partition coefficient (Wildman–Crippen LogP) is 1.10. The smallest absolute Gasteiger partial charge is 0.162 e. The van der Waals surface area contributed by atoms with Crippen molar-refractivity contribution < 1.29 is 10.2 Å². The molecule has 0 aliphatic rings. The Labute approximate surface area is 108 Å². The van der Waals surface area contributed by atoms with Crippen molar-refractivity contribution in [2.75, 3.05) is 5.75 Å². The van der Waals surface area contributed by atoms with Gasteiger partial charge in [0.2, 0.25) is 0 Å². The summed E-state index contributed by atoms with van der Waals surface area (Å²) in [5.74, 6) is 0.492. The van der Waals surface area contributed by atoms with Crippen molar-refractivity contribution in [2.45, 2.75) is 18.6 Å². The van der Waals surface area contributed by atoms with Crippen LogP contribution < -0.4 is 0 Å². The minimum absolute atomic E-state index is 0.315. The Morgan fingerprint density at radius 1 is 1.47 bits per heavy atom. The lowest BCUT2D eigenvalue weighted by Crippen LogP contribution is -2.18. The molecule has 0 spiro atoms. The largest absolute Gasteiger partial charge is 0.390 e. The van der Waals surface area contributed by atoms with E-state index in [0.29, 0.717) is 28.5 Å². The summed E-state index contributed by atoms with van der Waals surface area (Å²) in [6.45, 7) is 0. The molecule has 0 bridgehead atoms. The van der Waals surface area contributed by atoms with Gasteiger partial charge in [-0.25, -0.2) is 9.50 Å². The Hall–Kier alpha value is -0.820. The lowest BCUT2D eigenvalue weighted by molar-refractivity contribution is 0.0179. The third-order valence-electron chi connectivity index (χ3n) is 2.47. The minimum Gasteiger partial charge on any atom is -0.390 e. The van der Waals surface area contributed by atoms with Crippen LogP contribution in [0.4, 0.5) is 0 Å². The fourth-order valence-corrected chi connectivity index (χ4v) is 1.97. The number of nitrogens with zero attached hydrogens (tertiary/aromatic N) is 3. The summed E-state index contributed by atoms with van der Waals surface area (Å²) in [6.07, 6.45) is 1.59. The highest BCUT2D eigenvalue weighted by Gasteiger charge is 2.22. The first-order valence-corrected chi connectivity index (χ1v) is 6.11. The van der Waals surface area contributed by atoms with Gasteiger partial charge in [0.25, 0.3) is 0 Å². The molecule has 0 amide bonds. The predicted molar refractivity (Wildman–Crippen MR) is 67.4 cm³/mol. The van der Waals surface area contributed by atoms with Gasteiger partial charge in [0.1, 0.15) is 11.3 Å². The van der Waals surface area contributed by atoms with Gasteiger partial charge in [-0.3, -0.25) is 0 Å². The van der Waals surface area contributed by atoms with Crippen molar-refractivity contribution in [1.82, 2.24) is 14.6 Å². The van der Waals surface area contributed by atoms with E-state index in [-0.39, 0.29) is 0 Å². The number of aliphatic hydroxyl groups is 2. The molecule has 0 aromatic carbocycles. The lowest BCUT2D eigenvalue weighted by Gasteiger charge is -2.15. The number of rotatable bonds is 4.